The number of carbonyl (C=O) groups excluding carboxylic acids is 3. The second kappa shape index (κ2) is 8.83. The molecule has 2 aliphatic rings. The number of hydrogen-bond donors (Lipinski definition) is 1. The molecule has 1 saturated heterocycles. The highest BCUT2D eigenvalue weighted by atomic mass is 16.5. The van der Waals surface area contributed by atoms with Crippen LogP contribution >= 0.6 is 0 Å². The molecular formula is C23H26N4O4. The molecule has 0 radical (unpaired) electrons. The molecule has 31 heavy (non-hydrogen) atoms. The van der Waals surface area contributed by atoms with Crippen LogP contribution in [0, 0.1) is 0 Å². The molecule has 0 unspecified atom stereocenters. The van der Waals surface area contributed by atoms with Crippen molar-refractivity contribution in [2.24, 2.45) is 0 Å². The summed E-state index contributed by atoms with van der Waals surface area (Å²) in [6, 6.07) is 6.63. The molecule has 2 aromatic rings. The van der Waals surface area contributed by atoms with Crippen molar-refractivity contribution in [2.75, 3.05) is 13.1 Å². The Labute approximate surface area is 181 Å². The number of benzene rings is 1. The van der Waals surface area contributed by atoms with Gasteiger partial charge in [0.1, 0.15) is 17.4 Å². The van der Waals surface area contributed by atoms with Crippen molar-refractivity contribution in [3.05, 3.63) is 54.1 Å². The Morgan fingerprint density at radius 2 is 2.10 bits per heavy atom. The van der Waals surface area contributed by atoms with E-state index in [4.69, 9.17) is 4.74 Å². The van der Waals surface area contributed by atoms with Gasteiger partial charge in [0.25, 0.3) is 0 Å². The molecule has 1 aromatic heterocycles. The van der Waals surface area contributed by atoms with E-state index in [2.05, 4.69) is 15.3 Å². The minimum Gasteiger partial charge on any atom is -0.486 e. The quantitative estimate of drug-likeness (QED) is 0.790. The average molecular weight is 422 g/mol. The van der Waals surface area contributed by atoms with Crippen molar-refractivity contribution < 1.29 is 19.1 Å². The van der Waals surface area contributed by atoms with Crippen LogP contribution < -0.4 is 10.1 Å². The Balaban J connectivity index is 1.37. The fraction of sp³-hybridized carbons (Fsp3) is 0.435. The maximum absolute atomic E-state index is 12.8. The first kappa shape index (κ1) is 21.0. The molecule has 2 amide bonds. The summed E-state index contributed by atoms with van der Waals surface area (Å²) < 4.78 is 6.25. The summed E-state index contributed by atoms with van der Waals surface area (Å²) in [5.74, 6) is 0.314. The highest BCUT2D eigenvalue weighted by Gasteiger charge is 2.44. The molecule has 3 heterocycles. The van der Waals surface area contributed by atoms with Crippen molar-refractivity contribution in [2.45, 2.75) is 50.7 Å². The second-order valence-corrected chi connectivity index (χ2v) is 8.13. The van der Waals surface area contributed by atoms with Gasteiger partial charge in [-0.25, -0.2) is 0 Å². The number of carbonyl (C=O) groups is 3. The van der Waals surface area contributed by atoms with Crippen LogP contribution in [-0.2, 0) is 16.0 Å². The Kier molecular flexibility index (Phi) is 5.97. The first-order valence-corrected chi connectivity index (χ1v) is 10.6. The van der Waals surface area contributed by atoms with Gasteiger partial charge in [-0.05, 0) is 25.5 Å². The lowest BCUT2D eigenvalue weighted by molar-refractivity contribution is -0.139. The Morgan fingerprint density at radius 1 is 1.26 bits per heavy atom. The number of rotatable bonds is 5. The number of likely N-dealkylation sites (tertiary alicyclic amines) is 1. The van der Waals surface area contributed by atoms with Gasteiger partial charge in [-0.3, -0.25) is 24.4 Å². The number of fused-ring (bicyclic) bond motifs is 1. The van der Waals surface area contributed by atoms with Gasteiger partial charge in [0.2, 0.25) is 11.8 Å². The zero-order valence-electron chi connectivity index (χ0n) is 17.5. The molecule has 1 spiro atoms. The summed E-state index contributed by atoms with van der Waals surface area (Å²) >= 11 is 0. The van der Waals surface area contributed by atoms with Crippen molar-refractivity contribution in [1.29, 1.82) is 0 Å². The van der Waals surface area contributed by atoms with Gasteiger partial charge in [0.05, 0.1) is 17.7 Å². The molecule has 8 heteroatoms. The highest BCUT2D eigenvalue weighted by molar-refractivity contribution is 6.00. The molecule has 0 saturated carbocycles. The van der Waals surface area contributed by atoms with Gasteiger partial charge in [0.15, 0.2) is 5.78 Å². The SMILES string of the molecule is C[C@H](C(=O)NCCc1cnccn1)N1CC[C@]2(CCC1=O)CC(=O)c1ccccc1O2. The van der Waals surface area contributed by atoms with Crippen molar-refractivity contribution in [3.8, 4) is 5.75 Å². The lowest BCUT2D eigenvalue weighted by Crippen LogP contribution is -2.49. The van der Waals surface area contributed by atoms with Crippen molar-refractivity contribution >= 4 is 17.6 Å². The summed E-state index contributed by atoms with van der Waals surface area (Å²) in [7, 11) is 0. The van der Waals surface area contributed by atoms with Crippen LogP contribution in [0.1, 0.15) is 48.7 Å². The Morgan fingerprint density at radius 3 is 2.90 bits per heavy atom. The monoisotopic (exact) mass is 422 g/mol. The third-order valence-electron chi connectivity index (χ3n) is 6.06. The normalized spacial score (nSPS) is 21.8. The molecule has 2 aliphatic heterocycles. The van der Waals surface area contributed by atoms with Gasteiger partial charge in [-0.2, -0.15) is 0 Å². The van der Waals surface area contributed by atoms with Crippen LogP contribution in [0.25, 0.3) is 0 Å². The predicted molar refractivity (Wildman–Crippen MR) is 113 cm³/mol. The van der Waals surface area contributed by atoms with Crippen LogP contribution in [0.5, 0.6) is 5.75 Å². The minimum atomic E-state index is -0.696. The van der Waals surface area contributed by atoms with Crippen molar-refractivity contribution in [1.82, 2.24) is 20.2 Å². The number of ether oxygens (including phenoxy) is 1. The number of nitrogens with zero attached hydrogens (tertiary/aromatic N) is 3. The van der Waals surface area contributed by atoms with Crippen molar-refractivity contribution in [3.63, 3.8) is 0 Å². The minimum absolute atomic E-state index is 0.0394. The third kappa shape index (κ3) is 4.57. The molecule has 0 bridgehead atoms. The molecule has 162 valence electrons. The zero-order valence-corrected chi connectivity index (χ0v) is 17.5. The van der Waals surface area contributed by atoms with E-state index in [1.54, 1.807) is 42.5 Å². The Bertz CT molecular complexity index is 981. The van der Waals surface area contributed by atoms with Gasteiger partial charge in [-0.15, -0.1) is 0 Å². The highest BCUT2D eigenvalue weighted by Crippen LogP contribution is 2.39. The molecule has 8 nitrogen and oxygen atoms in total. The summed E-state index contributed by atoms with van der Waals surface area (Å²) in [6.45, 7) is 2.52. The summed E-state index contributed by atoms with van der Waals surface area (Å²) in [4.78, 5) is 47.9. The largest absolute Gasteiger partial charge is 0.486 e. The van der Waals surface area contributed by atoms with Gasteiger partial charge < -0.3 is 15.0 Å². The van der Waals surface area contributed by atoms with E-state index in [1.807, 2.05) is 12.1 Å². The number of Topliss-reactive ketones (excluding diaryl/α,β-unsaturated/α-hetero) is 1. The van der Waals surface area contributed by atoms with Crippen LogP contribution in [0.4, 0.5) is 0 Å². The van der Waals surface area contributed by atoms with E-state index < -0.39 is 11.6 Å². The topological polar surface area (TPSA) is 101 Å². The summed E-state index contributed by atoms with van der Waals surface area (Å²) in [6.07, 6.45) is 6.91. The van der Waals surface area contributed by atoms with Crippen LogP contribution in [0.3, 0.4) is 0 Å². The Hall–Kier alpha value is -3.29. The number of amides is 2. The molecule has 4 rings (SSSR count). The second-order valence-electron chi connectivity index (χ2n) is 8.13. The van der Waals surface area contributed by atoms with E-state index in [-0.39, 0.29) is 30.4 Å². The number of hydrogen-bond acceptors (Lipinski definition) is 6. The smallest absolute Gasteiger partial charge is 0.242 e. The number of nitrogens with one attached hydrogen (secondary N) is 1. The van der Waals surface area contributed by atoms with E-state index in [0.717, 1.165) is 5.69 Å². The number of aromatic nitrogens is 2. The zero-order chi connectivity index (χ0) is 21.8. The lowest BCUT2D eigenvalue weighted by atomic mass is 9.84. The molecule has 1 fully saturated rings. The lowest BCUT2D eigenvalue weighted by Gasteiger charge is -2.37. The predicted octanol–water partition coefficient (Wildman–Crippen LogP) is 1.94. The molecule has 0 aliphatic carbocycles. The van der Waals surface area contributed by atoms with Crippen LogP contribution in [0.2, 0.25) is 0 Å². The van der Waals surface area contributed by atoms with E-state index in [9.17, 15) is 14.4 Å². The summed E-state index contributed by atoms with van der Waals surface area (Å²) in [5.41, 5.74) is 0.692. The fourth-order valence-corrected chi connectivity index (χ4v) is 4.25. The average Bonchev–Trinajstić information content (AvgIpc) is 2.93. The van der Waals surface area contributed by atoms with E-state index >= 15 is 0 Å². The number of para-hydroxylation sites is 1. The van der Waals surface area contributed by atoms with Gasteiger partial charge in [-0.1, -0.05) is 12.1 Å². The summed E-state index contributed by atoms with van der Waals surface area (Å²) in [5, 5.41) is 2.87. The number of ketones is 1. The maximum atomic E-state index is 12.8. The first-order chi connectivity index (χ1) is 15.0. The van der Waals surface area contributed by atoms with Gasteiger partial charge >= 0.3 is 0 Å². The molecule has 1 N–H and O–H groups in total. The van der Waals surface area contributed by atoms with Gasteiger partial charge in [0, 0.05) is 50.9 Å². The molecule has 2 atom stereocenters. The third-order valence-corrected chi connectivity index (χ3v) is 6.06. The first-order valence-electron chi connectivity index (χ1n) is 10.6. The van der Waals surface area contributed by atoms with Crippen LogP contribution in [-0.4, -0.2) is 57.2 Å². The van der Waals surface area contributed by atoms with Crippen LogP contribution in [0.15, 0.2) is 42.9 Å². The molecular weight excluding hydrogens is 396 g/mol. The van der Waals surface area contributed by atoms with E-state index in [1.165, 1.54) is 0 Å². The standard InChI is InChI=1S/C23H26N4O4/c1-16(22(30)26-10-7-17-15-24-11-12-25-17)27-13-9-23(8-6-21(27)29)14-19(28)18-4-2-3-5-20(18)31-23/h2-5,11-12,15-16H,6-10,13-14H2,1H3,(H,26,30)/t16-,23-/m1/s1. The fourth-order valence-electron chi connectivity index (χ4n) is 4.25. The molecule has 1 aromatic carbocycles. The maximum Gasteiger partial charge on any atom is 0.242 e. The van der Waals surface area contributed by atoms with E-state index in [0.29, 0.717) is 43.7 Å².